The summed E-state index contributed by atoms with van der Waals surface area (Å²) < 4.78 is 24.2. The van der Waals surface area contributed by atoms with Gasteiger partial charge in [0.25, 0.3) is 11.7 Å². The van der Waals surface area contributed by atoms with Gasteiger partial charge in [-0.1, -0.05) is 0 Å². The molecule has 0 bridgehead atoms. The van der Waals surface area contributed by atoms with Gasteiger partial charge < -0.3 is 24.4 Å². The molecule has 0 saturated carbocycles. The smallest absolute Gasteiger partial charge is 0.295 e. The average Bonchev–Trinajstić information content (AvgIpc) is 3.03. The third-order valence-corrected chi connectivity index (χ3v) is 5.39. The fraction of sp³-hybridized carbons (Fsp3) is 0.333. The van der Waals surface area contributed by atoms with E-state index in [1.54, 1.807) is 18.2 Å². The van der Waals surface area contributed by atoms with E-state index in [1.165, 1.54) is 43.4 Å². The maximum absolute atomic E-state index is 13.4. The van der Waals surface area contributed by atoms with Crippen molar-refractivity contribution in [1.82, 2.24) is 9.80 Å². The lowest BCUT2D eigenvalue weighted by Gasteiger charge is -2.27. The van der Waals surface area contributed by atoms with Crippen molar-refractivity contribution in [3.63, 3.8) is 0 Å². The van der Waals surface area contributed by atoms with E-state index in [2.05, 4.69) is 0 Å². The number of aliphatic hydroxyl groups is 1. The van der Waals surface area contributed by atoms with Gasteiger partial charge >= 0.3 is 0 Å². The minimum Gasteiger partial charge on any atom is -0.507 e. The highest BCUT2D eigenvalue weighted by Gasteiger charge is 2.47. The first-order chi connectivity index (χ1) is 15.3. The lowest BCUT2D eigenvalue weighted by molar-refractivity contribution is -0.140. The summed E-state index contributed by atoms with van der Waals surface area (Å²) in [5, 5.41) is 11.0. The molecule has 0 radical (unpaired) electrons. The second kappa shape index (κ2) is 9.82. The van der Waals surface area contributed by atoms with Crippen LogP contribution in [-0.4, -0.2) is 68.0 Å². The molecule has 2 aromatic rings. The van der Waals surface area contributed by atoms with Crippen molar-refractivity contribution in [2.75, 3.05) is 41.4 Å². The van der Waals surface area contributed by atoms with E-state index in [4.69, 9.17) is 9.47 Å². The number of nitrogens with zero attached hydrogens (tertiary/aromatic N) is 2. The Bertz CT molecular complexity index is 1030. The minimum absolute atomic E-state index is 0.0713. The molecule has 1 aliphatic heterocycles. The summed E-state index contributed by atoms with van der Waals surface area (Å²) >= 11 is 0. The van der Waals surface area contributed by atoms with Crippen LogP contribution in [0, 0.1) is 5.82 Å². The predicted octanol–water partition coefficient (Wildman–Crippen LogP) is 3.22. The van der Waals surface area contributed by atoms with Gasteiger partial charge in [-0.25, -0.2) is 4.39 Å². The highest BCUT2D eigenvalue weighted by molar-refractivity contribution is 6.46. The number of ketones is 1. The Morgan fingerprint density at radius 2 is 1.78 bits per heavy atom. The first kappa shape index (κ1) is 23.3. The van der Waals surface area contributed by atoms with Gasteiger partial charge in [0.2, 0.25) is 0 Å². The van der Waals surface area contributed by atoms with Gasteiger partial charge in [-0.15, -0.1) is 0 Å². The zero-order valence-electron chi connectivity index (χ0n) is 18.6. The van der Waals surface area contributed by atoms with Crippen molar-refractivity contribution in [3.8, 4) is 11.5 Å². The van der Waals surface area contributed by atoms with Gasteiger partial charge in [-0.3, -0.25) is 9.59 Å². The average molecular weight is 442 g/mol. The number of hydrogen-bond donors (Lipinski definition) is 1. The fourth-order valence-corrected chi connectivity index (χ4v) is 3.81. The highest BCUT2D eigenvalue weighted by Crippen LogP contribution is 2.43. The lowest BCUT2D eigenvalue weighted by Crippen LogP contribution is -2.32. The first-order valence-electron chi connectivity index (χ1n) is 10.2. The van der Waals surface area contributed by atoms with Crippen molar-refractivity contribution >= 4 is 17.4 Å². The minimum atomic E-state index is -0.882. The summed E-state index contributed by atoms with van der Waals surface area (Å²) in [6.07, 6.45) is 0.624. The van der Waals surface area contributed by atoms with Crippen LogP contribution in [0.3, 0.4) is 0 Å². The summed E-state index contributed by atoms with van der Waals surface area (Å²) in [6.45, 7) is 1.01. The van der Waals surface area contributed by atoms with Crippen LogP contribution in [-0.2, 0) is 9.59 Å². The first-order valence-corrected chi connectivity index (χ1v) is 10.2. The fourth-order valence-electron chi connectivity index (χ4n) is 3.81. The molecule has 0 aromatic heterocycles. The van der Waals surface area contributed by atoms with Gasteiger partial charge in [0.05, 0.1) is 25.8 Å². The van der Waals surface area contributed by atoms with Crippen LogP contribution < -0.4 is 9.47 Å². The summed E-state index contributed by atoms with van der Waals surface area (Å²) in [4.78, 5) is 29.5. The second-order valence-corrected chi connectivity index (χ2v) is 7.76. The van der Waals surface area contributed by atoms with E-state index < -0.39 is 23.5 Å². The van der Waals surface area contributed by atoms with Crippen molar-refractivity contribution in [3.05, 3.63) is 65.0 Å². The maximum Gasteiger partial charge on any atom is 0.295 e. The van der Waals surface area contributed by atoms with Crippen LogP contribution >= 0.6 is 0 Å². The number of hydrogen-bond acceptors (Lipinski definition) is 6. The Hall–Kier alpha value is -3.39. The number of Topliss-reactive ketones (excluding diaryl/α,β-unsaturated/α-hetero) is 1. The van der Waals surface area contributed by atoms with Crippen LogP contribution in [0.5, 0.6) is 11.5 Å². The Morgan fingerprint density at radius 3 is 2.38 bits per heavy atom. The quantitative estimate of drug-likeness (QED) is 0.384. The second-order valence-electron chi connectivity index (χ2n) is 7.76. The van der Waals surface area contributed by atoms with E-state index in [1.807, 2.05) is 19.0 Å². The topological polar surface area (TPSA) is 79.3 Å². The number of likely N-dealkylation sites (tertiary alicyclic amines) is 1. The predicted molar refractivity (Wildman–Crippen MR) is 118 cm³/mol. The molecule has 1 aliphatic rings. The molecule has 1 N–H and O–H groups in total. The Morgan fingerprint density at radius 1 is 1.09 bits per heavy atom. The molecule has 1 atom stereocenters. The van der Waals surface area contributed by atoms with Crippen LogP contribution in [0.4, 0.5) is 4.39 Å². The molecule has 0 unspecified atom stereocenters. The number of methoxy groups -OCH3 is 2. The summed E-state index contributed by atoms with van der Waals surface area (Å²) in [6, 6.07) is 9.30. The van der Waals surface area contributed by atoms with Gasteiger partial charge in [0.1, 0.15) is 23.1 Å². The third-order valence-electron chi connectivity index (χ3n) is 5.39. The number of carbonyl (C=O) groups is 2. The Kier molecular flexibility index (Phi) is 7.15. The zero-order valence-corrected chi connectivity index (χ0v) is 18.6. The van der Waals surface area contributed by atoms with Gasteiger partial charge in [-0.05, 0) is 69.5 Å². The molecule has 2 aromatic carbocycles. The molecule has 1 fully saturated rings. The number of ether oxygens (including phenoxy) is 2. The molecule has 1 heterocycles. The van der Waals surface area contributed by atoms with Gasteiger partial charge in [-0.2, -0.15) is 0 Å². The largest absolute Gasteiger partial charge is 0.507 e. The van der Waals surface area contributed by atoms with Crippen LogP contribution in [0.25, 0.3) is 5.76 Å². The summed E-state index contributed by atoms with van der Waals surface area (Å²) in [7, 11) is 6.85. The van der Waals surface area contributed by atoms with E-state index >= 15 is 0 Å². The van der Waals surface area contributed by atoms with Gasteiger partial charge in [0.15, 0.2) is 0 Å². The summed E-state index contributed by atoms with van der Waals surface area (Å²) in [5.74, 6) is -1.39. The molecular weight excluding hydrogens is 415 g/mol. The van der Waals surface area contributed by atoms with E-state index in [-0.39, 0.29) is 16.9 Å². The third kappa shape index (κ3) is 4.60. The van der Waals surface area contributed by atoms with Crippen molar-refractivity contribution < 1.29 is 28.6 Å². The molecule has 0 spiro atoms. The Labute approximate surface area is 186 Å². The molecule has 0 aliphatic carbocycles. The van der Waals surface area contributed by atoms with Crippen molar-refractivity contribution in [1.29, 1.82) is 0 Å². The molecule has 8 heteroatoms. The monoisotopic (exact) mass is 442 g/mol. The number of aliphatic hydroxyl groups excluding tert-OH is 1. The standard InChI is InChI=1S/C24H27FN2O5/c1-26(2)12-5-13-27-21(18-14-17(31-3)10-11-19(18)32-4)20(23(29)24(27)30)22(28)15-6-8-16(25)9-7-15/h6-11,14,21,28H,5,12-13H2,1-4H3/b22-20+/t21-/m0/s1. The number of benzene rings is 2. The molecule has 7 nitrogen and oxygen atoms in total. The highest BCUT2D eigenvalue weighted by atomic mass is 19.1. The molecule has 3 rings (SSSR count). The molecule has 1 amide bonds. The molecule has 1 saturated heterocycles. The molecular formula is C24H27FN2O5. The van der Waals surface area contributed by atoms with Crippen LogP contribution in [0.2, 0.25) is 0 Å². The normalized spacial score (nSPS) is 17.8. The maximum atomic E-state index is 13.4. The zero-order chi connectivity index (χ0) is 23.4. The van der Waals surface area contributed by atoms with Crippen LogP contribution in [0.1, 0.15) is 23.6 Å². The Balaban J connectivity index is 2.18. The van der Waals surface area contributed by atoms with Crippen LogP contribution in [0.15, 0.2) is 48.0 Å². The number of halogens is 1. The van der Waals surface area contributed by atoms with Gasteiger partial charge in [0, 0.05) is 17.7 Å². The van der Waals surface area contributed by atoms with Crippen molar-refractivity contribution in [2.24, 2.45) is 0 Å². The summed E-state index contributed by atoms with van der Waals surface area (Å²) in [5.41, 5.74) is 0.683. The number of rotatable bonds is 8. The molecule has 170 valence electrons. The van der Waals surface area contributed by atoms with E-state index in [9.17, 15) is 19.1 Å². The number of carbonyl (C=O) groups excluding carboxylic acids is 2. The SMILES string of the molecule is COc1ccc(OC)c([C@H]2/C(=C(\O)c3ccc(F)cc3)C(=O)C(=O)N2CCCN(C)C)c1. The lowest BCUT2D eigenvalue weighted by atomic mass is 9.94. The molecule has 32 heavy (non-hydrogen) atoms. The van der Waals surface area contributed by atoms with E-state index in [0.29, 0.717) is 36.6 Å². The van der Waals surface area contributed by atoms with Crippen molar-refractivity contribution in [2.45, 2.75) is 12.5 Å². The number of amides is 1. The van der Waals surface area contributed by atoms with E-state index in [0.717, 1.165) is 0 Å².